The molecule has 11 heavy (non-hydrogen) atoms. The molecule has 0 radical (unpaired) electrons. The third kappa shape index (κ3) is 1.93. The van der Waals surface area contributed by atoms with Gasteiger partial charge in [-0.05, 0) is 19.4 Å². The maximum atomic E-state index is 11.3. The van der Waals surface area contributed by atoms with Crippen LogP contribution in [0.3, 0.4) is 0 Å². The number of hydrogen-bond acceptors (Lipinski definition) is 1. The fraction of sp³-hybridized carbons (Fsp3) is 0.444. The number of nitrogens with one attached hydrogen (secondary N) is 1. The summed E-state index contributed by atoms with van der Waals surface area (Å²) in [7, 11) is 0. The van der Waals surface area contributed by atoms with Crippen LogP contribution in [0.15, 0.2) is 23.9 Å². The van der Waals surface area contributed by atoms with Crippen molar-refractivity contribution in [1.82, 2.24) is 5.32 Å². The normalized spacial score (nSPS) is 24.0. The Morgan fingerprint density at radius 2 is 2.36 bits per heavy atom. The second kappa shape index (κ2) is 3.37. The minimum atomic E-state index is 0.0451. The molecule has 0 saturated carbocycles. The summed E-state index contributed by atoms with van der Waals surface area (Å²) in [6.45, 7) is 3.90. The highest BCUT2D eigenvalue weighted by Gasteiger charge is 2.13. The standard InChI is InChI=1S/C9H13NO/c1-3-8-6-4-5-7(2)10-9(8)11/h4-6,8H,3H2,1-2H3,(H,10,11). The fourth-order valence-electron chi connectivity index (χ4n) is 1.07. The molecule has 0 aromatic heterocycles. The third-order valence-corrected chi connectivity index (χ3v) is 1.79. The van der Waals surface area contributed by atoms with E-state index < -0.39 is 0 Å². The van der Waals surface area contributed by atoms with E-state index in [9.17, 15) is 4.79 Å². The van der Waals surface area contributed by atoms with Crippen LogP contribution in [0.4, 0.5) is 0 Å². The van der Waals surface area contributed by atoms with Gasteiger partial charge in [-0.25, -0.2) is 0 Å². The Labute approximate surface area is 67.0 Å². The molecule has 1 aliphatic heterocycles. The third-order valence-electron chi connectivity index (χ3n) is 1.79. The van der Waals surface area contributed by atoms with E-state index in [2.05, 4.69) is 5.32 Å². The van der Waals surface area contributed by atoms with E-state index in [1.807, 2.05) is 32.1 Å². The Morgan fingerprint density at radius 1 is 1.64 bits per heavy atom. The van der Waals surface area contributed by atoms with Crippen molar-refractivity contribution < 1.29 is 4.79 Å². The molecule has 2 nitrogen and oxygen atoms in total. The van der Waals surface area contributed by atoms with Gasteiger partial charge in [0.15, 0.2) is 0 Å². The van der Waals surface area contributed by atoms with Gasteiger partial charge in [-0.2, -0.15) is 0 Å². The summed E-state index contributed by atoms with van der Waals surface area (Å²) < 4.78 is 0. The number of amides is 1. The van der Waals surface area contributed by atoms with Gasteiger partial charge in [-0.15, -0.1) is 0 Å². The summed E-state index contributed by atoms with van der Waals surface area (Å²) >= 11 is 0. The number of carbonyl (C=O) groups is 1. The minimum Gasteiger partial charge on any atom is -0.330 e. The molecule has 1 rings (SSSR count). The smallest absolute Gasteiger partial charge is 0.231 e. The predicted molar refractivity (Wildman–Crippen MR) is 44.8 cm³/mol. The van der Waals surface area contributed by atoms with Crippen LogP contribution in [-0.4, -0.2) is 5.91 Å². The summed E-state index contributed by atoms with van der Waals surface area (Å²) in [6, 6.07) is 0. The maximum absolute atomic E-state index is 11.3. The van der Waals surface area contributed by atoms with Crippen molar-refractivity contribution in [2.45, 2.75) is 20.3 Å². The minimum absolute atomic E-state index is 0.0451. The Morgan fingerprint density at radius 3 is 3.00 bits per heavy atom. The van der Waals surface area contributed by atoms with Crippen LogP contribution in [0.2, 0.25) is 0 Å². The molecule has 60 valence electrons. The van der Waals surface area contributed by atoms with Crippen molar-refractivity contribution in [2.24, 2.45) is 5.92 Å². The van der Waals surface area contributed by atoms with Gasteiger partial charge in [-0.1, -0.05) is 19.1 Å². The first-order valence-electron chi connectivity index (χ1n) is 3.90. The van der Waals surface area contributed by atoms with Crippen LogP contribution in [-0.2, 0) is 4.79 Å². The van der Waals surface area contributed by atoms with Crippen LogP contribution in [0.5, 0.6) is 0 Å². The van der Waals surface area contributed by atoms with Gasteiger partial charge in [0.25, 0.3) is 0 Å². The first-order chi connectivity index (χ1) is 5.24. The molecule has 1 aliphatic rings. The number of allylic oxidation sites excluding steroid dienone is 3. The number of hydrogen-bond donors (Lipinski definition) is 1. The summed E-state index contributed by atoms with van der Waals surface area (Å²) in [5.74, 6) is 0.152. The van der Waals surface area contributed by atoms with Crippen molar-refractivity contribution in [3.05, 3.63) is 23.9 Å². The molecule has 0 aromatic carbocycles. The average Bonchev–Trinajstić information content (AvgIpc) is 2.11. The van der Waals surface area contributed by atoms with Crippen LogP contribution in [0, 0.1) is 5.92 Å². The molecule has 0 aliphatic carbocycles. The highest BCUT2D eigenvalue weighted by Crippen LogP contribution is 2.08. The summed E-state index contributed by atoms with van der Waals surface area (Å²) in [5, 5.41) is 2.80. The number of carbonyl (C=O) groups excluding carboxylic acids is 1. The van der Waals surface area contributed by atoms with Crippen LogP contribution < -0.4 is 5.32 Å². The van der Waals surface area contributed by atoms with Gasteiger partial charge < -0.3 is 5.32 Å². The van der Waals surface area contributed by atoms with Gasteiger partial charge >= 0.3 is 0 Å². The first-order valence-corrected chi connectivity index (χ1v) is 3.90. The molecule has 0 aromatic rings. The molecule has 1 atom stereocenters. The van der Waals surface area contributed by atoms with E-state index in [0.717, 1.165) is 12.1 Å². The second-order valence-corrected chi connectivity index (χ2v) is 2.74. The molecular weight excluding hydrogens is 138 g/mol. The van der Waals surface area contributed by atoms with Gasteiger partial charge in [0.2, 0.25) is 5.91 Å². The molecule has 1 unspecified atom stereocenters. The Balaban J connectivity index is 2.73. The van der Waals surface area contributed by atoms with Gasteiger partial charge in [-0.3, -0.25) is 4.79 Å². The Bertz CT molecular complexity index is 216. The van der Waals surface area contributed by atoms with Crippen LogP contribution in [0.25, 0.3) is 0 Å². The largest absolute Gasteiger partial charge is 0.330 e. The molecule has 1 heterocycles. The van der Waals surface area contributed by atoms with Gasteiger partial charge in [0.1, 0.15) is 0 Å². The lowest BCUT2D eigenvalue weighted by atomic mass is 10.1. The van der Waals surface area contributed by atoms with Crippen molar-refractivity contribution >= 4 is 5.91 Å². The molecule has 0 spiro atoms. The lowest BCUT2D eigenvalue weighted by molar-refractivity contribution is -0.122. The lowest BCUT2D eigenvalue weighted by Gasteiger charge is -2.07. The zero-order chi connectivity index (χ0) is 8.27. The molecule has 1 amide bonds. The van der Waals surface area contributed by atoms with E-state index in [-0.39, 0.29) is 11.8 Å². The van der Waals surface area contributed by atoms with Crippen molar-refractivity contribution in [1.29, 1.82) is 0 Å². The zero-order valence-electron chi connectivity index (χ0n) is 6.92. The Hall–Kier alpha value is -1.05. The highest BCUT2D eigenvalue weighted by atomic mass is 16.1. The topological polar surface area (TPSA) is 29.1 Å². The molecule has 0 bridgehead atoms. The van der Waals surface area contributed by atoms with E-state index in [0.29, 0.717) is 0 Å². The maximum Gasteiger partial charge on any atom is 0.231 e. The highest BCUT2D eigenvalue weighted by molar-refractivity contribution is 5.82. The average molecular weight is 151 g/mol. The summed E-state index contributed by atoms with van der Waals surface area (Å²) in [6.07, 6.45) is 6.64. The van der Waals surface area contributed by atoms with Gasteiger partial charge in [0, 0.05) is 5.70 Å². The zero-order valence-corrected chi connectivity index (χ0v) is 6.92. The summed E-state index contributed by atoms with van der Waals surface area (Å²) in [4.78, 5) is 11.3. The molecule has 1 N–H and O–H groups in total. The fourth-order valence-corrected chi connectivity index (χ4v) is 1.07. The van der Waals surface area contributed by atoms with Crippen molar-refractivity contribution in [3.8, 4) is 0 Å². The predicted octanol–water partition coefficient (Wildman–Crippen LogP) is 1.60. The number of rotatable bonds is 1. The van der Waals surface area contributed by atoms with E-state index in [1.54, 1.807) is 0 Å². The quantitative estimate of drug-likeness (QED) is 0.606. The molecular formula is C9H13NO. The van der Waals surface area contributed by atoms with Crippen LogP contribution >= 0.6 is 0 Å². The second-order valence-electron chi connectivity index (χ2n) is 2.74. The van der Waals surface area contributed by atoms with E-state index in [1.165, 1.54) is 0 Å². The van der Waals surface area contributed by atoms with Crippen molar-refractivity contribution in [2.75, 3.05) is 0 Å². The van der Waals surface area contributed by atoms with Crippen LogP contribution in [0.1, 0.15) is 20.3 Å². The van der Waals surface area contributed by atoms with Crippen molar-refractivity contribution in [3.63, 3.8) is 0 Å². The molecule has 2 heteroatoms. The SMILES string of the molecule is CCC1C=CC=C(C)NC1=O. The lowest BCUT2D eigenvalue weighted by Crippen LogP contribution is -2.26. The monoisotopic (exact) mass is 151 g/mol. The van der Waals surface area contributed by atoms with E-state index >= 15 is 0 Å². The Kier molecular flexibility index (Phi) is 2.47. The van der Waals surface area contributed by atoms with Gasteiger partial charge in [0.05, 0.1) is 5.92 Å². The molecule has 0 saturated heterocycles. The van der Waals surface area contributed by atoms with E-state index in [4.69, 9.17) is 0 Å². The molecule has 0 fully saturated rings. The first kappa shape index (κ1) is 8.05. The summed E-state index contributed by atoms with van der Waals surface area (Å²) in [5.41, 5.74) is 0.919.